The van der Waals surface area contributed by atoms with Crippen LogP contribution in [0, 0.1) is 3.57 Å². The minimum atomic E-state index is -0.384. The SMILES string of the molecule is COC(=O)c1cccc(CN(C(C)=O)c2ccccc2I)c1. The Morgan fingerprint density at radius 3 is 2.50 bits per heavy atom. The molecule has 2 rings (SSSR count). The number of para-hydroxylation sites is 1. The largest absolute Gasteiger partial charge is 0.465 e. The first kappa shape index (κ1) is 16.5. The van der Waals surface area contributed by atoms with E-state index in [4.69, 9.17) is 4.74 Å². The molecule has 0 N–H and O–H groups in total. The fourth-order valence-corrected chi connectivity index (χ4v) is 2.81. The molecule has 0 aliphatic heterocycles. The van der Waals surface area contributed by atoms with Gasteiger partial charge >= 0.3 is 5.97 Å². The Kier molecular flexibility index (Phi) is 5.54. The highest BCUT2D eigenvalue weighted by molar-refractivity contribution is 14.1. The second kappa shape index (κ2) is 7.40. The van der Waals surface area contributed by atoms with Gasteiger partial charge in [0.15, 0.2) is 0 Å². The van der Waals surface area contributed by atoms with Crippen molar-refractivity contribution in [2.45, 2.75) is 13.5 Å². The summed E-state index contributed by atoms with van der Waals surface area (Å²) in [5.41, 5.74) is 2.21. The molecule has 2 aromatic rings. The molecular weight excluding hydrogens is 393 g/mol. The lowest BCUT2D eigenvalue weighted by molar-refractivity contribution is -0.116. The Labute approximate surface area is 143 Å². The summed E-state index contributed by atoms with van der Waals surface area (Å²) in [4.78, 5) is 25.3. The van der Waals surface area contributed by atoms with Crippen molar-refractivity contribution in [3.05, 3.63) is 63.2 Å². The van der Waals surface area contributed by atoms with Crippen LogP contribution in [-0.4, -0.2) is 19.0 Å². The van der Waals surface area contributed by atoms with E-state index in [1.54, 1.807) is 23.1 Å². The third kappa shape index (κ3) is 3.85. The van der Waals surface area contributed by atoms with Crippen LogP contribution < -0.4 is 4.90 Å². The monoisotopic (exact) mass is 409 g/mol. The molecule has 0 atom stereocenters. The topological polar surface area (TPSA) is 46.6 Å². The summed E-state index contributed by atoms with van der Waals surface area (Å²) in [7, 11) is 1.35. The zero-order valence-electron chi connectivity index (χ0n) is 12.4. The molecule has 0 aromatic heterocycles. The molecule has 0 saturated carbocycles. The zero-order chi connectivity index (χ0) is 16.1. The number of nitrogens with zero attached hydrogens (tertiary/aromatic N) is 1. The number of hydrogen-bond donors (Lipinski definition) is 0. The smallest absolute Gasteiger partial charge is 0.337 e. The first-order valence-corrected chi connectivity index (χ1v) is 7.80. The standard InChI is InChI=1S/C17H16INO3/c1-12(20)19(16-9-4-3-8-15(16)18)11-13-6-5-7-14(10-13)17(21)22-2/h3-10H,11H2,1-2H3. The van der Waals surface area contributed by atoms with Crippen molar-refractivity contribution >= 4 is 40.2 Å². The molecule has 0 bridgehead atoms. The predicted octanol–water partition coefficient (Wildman–Crippen LogP) is 3.63. The van der Waals surface area contributed by atoms with E-state index in [1.807, 2.05) is 30.3 Å². The van der Waals surface area contributed by atoms with Gasteiger partial charge < -0.3 is 9.64 Å². The van der Waals surface area contributed by atoms with Crippen LogP contribution in [0.4, 0.5) is 5.69 Å². The Bertz CT molecular complexity index is 700. The maximum Gasteiger partial charge on any atom is 0.337 e. The van der Waals surface area contributed by atoms with Gasteiger partial charge in [0, 0.05) is 10.5 Å². The third-order valence-electron chi connectivity index (χ3n) is 3.21. The van der Waals surface area contributed by atoms with E-state index in [1.165, 1.54) is 14.0 Å². The number of amides is 1. The Morgan fingerprint density at radius 2 is 1.86 bits per heavy atom. The van der Waals surface area contributed by atoms with Crippen molar-refractivity contribution in [2.24, 2.45) is 0 Å². The summed E-state index contributed by atoms with van der Waals surface area (Å²) in [5, 5.41) is 0. The molecule has 1 amide bonds. The zero-order valence-corrected chi connectivity index (χ0v) is 14.5. The minimum absolute atomic E-state index is 0.0485. The third-order valence-corrected chi connectivity index (χ3v) is 4.12. The second-order valence-electron chi connectivity index (χ2n) is 4.75. The van der Waals surface area contributed by atoms with Crippen LogP contribution in [0.2, 0.25) is 0 Å². The van der Waals surface area contributed by atoms with E-state index >= 15 is 0 Å². The van der Waals surface area contributed by atoms with Crippen LogP contribution in [0.1, 0.15) is 22.8 Å². The number of ether oxygens (including phenoxy) is 1. The van der Waals surface area contributed by atoms with E-state index in [0.29, 0.717) is 12.1 Å². The predicted molar refractivity (Wildman–Crippen MR) is 93.8 cm³/mol. The molecule has 0 heterocycles. The number of carbonyl (C=O) groups is 2. The van der Waals surface area contributed by atoms with E-state index in [2.05, 4.69) is 22.6 Å². The van der Waals surface area contributed by atoms with E-state index in [0.717, 1.165) is 14.8 Å². The van der Waals surface area contributed by atoms with Crippen molar-refractivity contribution in [2.75, 3.05) is 12.0 Å². The summed E-state index contributed by atoms with van der Waals surface area (Å²) in [6, 6.07) is 14.8. The van der Waals surface area contributed by atoms with Crippen LogP contribution >= 0.6 is 22.6 Å². The Morgan fingerprint density at radius 1 is 1.14 bits per heavy atom. The Balaban J connectivity index is 2.32. The maximum atomic E-state index is 12.0. The van der Waals surface area contributed by atoms with Gasteiger partial charge in [-0.1, -0.05) is 24.3 Å². The van der Waals surface area contributed by atoms with Gasteiger partial charge in [-0.2, -0.15) is 0 Å². The lowest BCUT2D eigenvalue weighted by atomic mass is 10.1. The van der Waals surface area contributed by atoms with E-state index in [9.17, 15) is 9.59 Å². The molecule has 22 heavy (non-hydrogen) atoms. The molecular formula is C17H16INO3. The van der Waals surface area contributed by atoms with E-state index < -0.39 is 0 Å². The highest BCUT2D eigenvalue weighted by Crippen LogP contribution is 2.24. The highest BCUT2D eigenvalue weighted by Gasteiger charge is 2.15. The van der Waals surface area contributed by atoms with Gasteiger partial charge in [-0.05, 0) is 52.4 Å². The van der Waals surface area contributed by atoms with Crippen molar-refractivity contribution < 1.29 is 14.3 Å². The molecule has 114 valence electrons. The second-order valence-corrected chi connectivity index (χ2v) is 5.91. The summed E-state index contributed by atoms with van der Waals surface area (Å²) in [6.07, 6.45) is 0. The Hall–Kier alpha value is -1.89. The van der Waals surface area contributed by atoms with Crippen LogP contribution in [0.15, 0.2) is 48.5 Å². The van der Waals surface area contributed by atoms with Gasteiger partial charge in [0.05, 0.1) is 24.9 Å². The summed E-state index contributed by atoms with van der Waals surface area (Å²) in [5.74, 6) is -0.432. The molecule has 0 unspecified atom stereocenters. The van der Waals surface area contributed by atoms with Gasteiger partial charge in [0.2, 0.25) is 5.91 Å². The fourth-order valence-electron chi connectivity index (χ4n) is 2.13. The van der Waals surface area contributed by atoms with Gasteiger partial charge in [-0.25, -0.2) is 4.79 Å². The molecule has 2 aromatic carbocycles. The number of carbonyl (C=O) groups excluding carboxylic acids is 2. The van der Waals surface area contributed by atoms with Crippen molar-refractivity contribution in [3.8, 4) is 0 Å². The summed E-state index contributed by atoms with van der Waals surface area (Å²) >= 11 is 2.21. The number of methoxy groups -OCH3 is 1. The van der Waals surface area contributed by atoms with Gasteiger partial charge in [-0.3, -0.25) is 4.79 Å². The van der Waals surface area contributed by atoms with Gasteiger partial charge in [0.25, 0.3) is 0 Å². The number of benzene rings is 2. The minimum Gasteiger partial charge on any atom is -0.465 e. The van der Waals surface area contributed by atoms with Crippen LogP contribution in [0.5, 0.6) is 0 Å². The fraction of sp³-hybridized carbons (Fsp3) is 0.176. The highest BCUT2D eigenvalue weighted by atomic mass is 127. The van der Waals surface area contributed by atoms with Crippen LogP contribution in [-0.2, 0) is 16.1 Å². The van der Waals surface area contributed by atoms with Gasteiger partial charge in [0.1, 0.15) is 0 Å². The van der Waals surface area contributed by atoms with Crippen molar-refractivity contribution in [3.63, 3.8) is 0 Å². The van der Waals surface area contributed by atoms with Crippen molar-refractivity contribution in [1.29, 1.82) is 0 Å². The van der Waals surface area contributed by atoms with Gasteiger partial charge in [-0.15, -0.1) is 0 Å². The number of halogens is 1. The first-order valence-electron chi connectivity index (χ1n) is 6.73. The maximum absolute atomic E-state index is 12.0. The molecule has 0 spiro atoms. The lowest BCUT2D eigenvalue weighted by Crippen LogP contribution is -2.28. The molecule has 0 saturated heterocycles. The average Bonchev–Trinajstić information content (AvgIpc) is 2.52. The van der Waals surface area contributed by atoms with Crippen LogP contribution in [0.3, 0.4) is 0 Å². The average molecular weight is 409 g/mol. The molecule has 0 fully saturated rings. The molecule has 0 aliphatic rings. The molecule has 5 heteroatoms. The summed E-state index contributed by atoms with van der Waals surface area (Å²) in [6.45, 7) is 1.94. The normalized spacial score (nSPS) is 10.1. The molecule has 0 aliphatic carbocycles. The quantitative estimate of drug-likeness (QED) is 0.573. The van der Waals surface area contributed by atoms with E-state index in [-0.39, 0.29) is 11.9 Å². The molecule has 0 radical (unpaired) electrons. The number of hydrogen-bond acceptors (Lipinski definition) is 3. The van der Waals surface area contributed by atoms with Crippen LogP contribution in [0.25, 0.3) is 0 Å². The number of anilines is 1. The number of esters is 1. The first-order chi connectivity index (χ1) is 10.5. The number of rotatable bonds is 4. The molecule has 4 nitrogen and oxygen atoms in total. The van der Waals surface area contributed by atoms with Crippen molar-refractivity contribution in [1.82, 2.24) is 0 Å². The lowest BCUT2D eigenvalue weighted by Gasteiger charge is -2.22. The summed E-state index contributed by atoms with van der Waals surface area (Å²) < 4.78 is 5.73.